The van der Waals surface area contributed by atoms with E-state index >= 15 is 0 Å². The summed E-state index contributed by atoms with van der Waals surface area (Å²) in [7, 11) is 0. The first kappa shape index (κ1) is 12.6. The van der Waals surface area contributed by atoms with Crippen LogP contribution in [0.25, 0.3) is 0 Å². The Balaban J connectivity index is 3.38. The molecule has 0 fully saturated rings. The number of ketones is 1. The monoisotopic (exact) mass is 185 g/mol. The van der Waals surface area contributed by atoms with E-state index in [1.807, 2.05) is 6.92 Å². The fourth-order valence-electron chi connectivity index (χ4n) is 1.46. The van der Waals surface area contributed by atoms with E-state index in [1.165, 1.54) is 0 Å². The third kappa shape index (κ3) is 6.76. The Hall–Kier alpha value is -0.370. The molecule has 78 valence electrons. The molecule has 2 heteroatoms. The van der Waals surface area contributed by atoms with Crippen LogP contribution in [-0.2, 0) is 4.79 Å². The highest BCUT2D eigenvalue weighted by atomic mass is 16.1. The molecule has 0 aromatic heterocycles. The van der Waals surface area contributed by atoms with Gasteiger partial charge in [-0.25, -0.2) is 0 Å². The molecule has 1 atom stereocenters. The van der Waals surface area contributed by atoms with Crippen molar-refractivity contribution in [1.82, 2.24) is 0 Å². The molecule has 0 aliphatic carbocycles. The molecule has 2 N–H and O–H groups in total. The molecule has 0 aliphatic heterocycles. The number of carbonyl (C=O) groups is 1. The second kappa shape index (κ2) is 8.24. The number of carbonyl (C=O) groups excluding carboxylic acids is 1. The summed E-state index contributed by atoms with van der Waals surface area (Å²) in [6.45, 7) is 4.91. The summed E-state index contributed by atoms with van der Waals surface area (Å²) in [5.41, 5.74) is 5.37. The van der Waals surface area contributed by atoms with Gasteiger partial charge in [-0.05, 0) is 25.8 Å². The van der Waals surface area contributed by atoms with Gasteiger partial charge < -0.3 is 5.73 Å². The highest BCUT2D eigenvalue weighted by Crippen LogP contribution is 2.11. The Bertz CT molecular complexity index is 134. The van der Waals surface area contributed by atoms with E-state index < -0.39 is 0 Å². The van der Waals surface area contributed by atoms with Gasteiger partial charge in [0.1, 0.15) is 5.78 Å². The van der Waals surface area contributed by atoms with Crippen molar-refractivity contribution in [3.8, 4) is 0 Å². The summed E-state index contributed by atoms with van der Waals surface area (Å²) in [5.74, 6) is 0.696. The zero-order chi connectivity index (χ0) is 10.1. The number of hydrogen-bond donors (Lipinski definition) is 1. The van der Waals surface area contributed by atoms with Crippen molar-refractivity contribution >= 4 is 5.78 Å². The number of hydrogen-bond acceptors (Lipinski definition) is 2. The van der Waals surface area contributed by atoms with Gasteiger partial charge in [0.15, 0.2) is 0 Å². The Morgan fingerprint density at radius 2 is 2.00 bits per heavy atom. The van der Waals surface area contributed by atoms with Crippen LogP contribution in [0.15, 0.2) is 0 Å². The van der Waals surface area contributed by atoms with Crippen LogP contribution in [0, 0.1) is 5.92 Å². The first-order valence-corrected chi connectivity index (χ1v) is 5.45. The van der Waals surface area contributed by atoms with Gasteiger partial charge in [-0.15, -0.1) is 0 Å². The summed E-state index contributed by atoms with van der Waals surface area (Å²) in [4.78, 5) is 11.5. The van der Waals surface area contributed by atoms with E-state index in [4.69, 9.17) is 5.73 Å². The maximum Gasteiger partial charge on any atom is 0.135 e. The molecule has 0 aromatic carbocycles. The lowest BCUT2D eigenvalue weighted by molar-refractivity contribution is -0.122. The summed E-state index contributed by atoms with van der Waals surface area (Å²) in [5, 5.41) is 0. The van der Waals surface area contributed by atoms with Crippen molar-refractivity contribution in [2.75, 3.05) is 6.54 Å². The molecule has 13 heavy (non-hydrogen) atoms. The smallest absolute Gasteiger partial charge is 0.135 e. The average molecular weight is 185 g/mol. The lowest BCUT2D eigenvalue weighted by Crippen LogP contribution is -2.10. The lowest BCUT2D eigenvalue weighted by Gasteiger charge is -2.07. The van der Waals surface area contributed by atoms with Gasteiger partial charge in [0.2, 0.25) is 0 Å². The van der Waals surface area contributed by atoms with Gasteiger partial charge in [-0.3, -0.25) is 4.79 Å². The predicted molar refractivity (Wildman–Crippen MR) is 56.6 cm³/mol. The molecule has 1 unspecified atom stereocenters. The number of Topliss-reactive ketones (excluding diaryl/α,β-unsaturated/α-hetero) is 1. The maximum atomic E-state index is 11.5. The van der Waals surface area contributed by atoms with E-state index in [2.05, 4.69) is 6.92 Å². The summed E-state index contributed by atoms with van der Waals surface area (Å²) < 4.78 is 0. The quantitative estimate of drug-likeness (QED) is 0.590. The molecule has 0 aromatic rings. The van der Waals surface area contributed by atoms with E-state index in [9.17, 15) is 4.79 Å². The minimum atomic E-state index is 0.267. The molecule has 0 radical (unpaired) electrons. The van der Waals surface area contributed by atoms with Crippen LogP contribution in [0.2, 0.25) is 0 Å². The number of rotatable bonds is 8. The van der Waals surface area contributed by atoms with Gasteiger partial charge in [0, 0.05) is 12.3 Å². The Kier molecular flexibility index (Phi) is 8.00. The zero-order valence-corrected chi connectivity index (χ0v) is 9.01. The normalized spacial score (nSPS) is 12.8. The van der Waals surface area contributed by atoms with Crippen LogP contribution in [0.5, 0.6) is 0 Å². The summed E-state index contributed by atoms with van der Waals surface area (Å²) in [6.07, 6.45) is 6.06. The van der Waals surface area contributed by atoms with Gasteiger partial charge >= 0.3 is 0 Å². The van der Waals surface area contributed by atoms with Crippen molar-refractivity contribution in [1.29, 1.82) is 0 Å². The second-order valence-electron chi connectivity index (χ2n) is 3.76. The van der Waals surface area contributed by atoms with Gasteiger partial charge in [0.25, 0.3) is 0 Å². The summed E-state index contributed by atoms with van der Waals surface area (Å²) in [6, 6.07) is 0. The first-order valence-electron chi connectivity index (χ1n) is 5.45. The molecular formula is C11H23NO. The molecule has 0 heterocycles. The molecule has 0 bridgehead atoms. The van der Waals surface area contributed by atoms with Crippen LogP contribution in [0.3, 0.4) is 0 Å². The lowest BCUT2D eigenvalue weighted by atomic mass is 9.97. The van der Waals surface area contributed by atoms with Crippen LogP contribution >= 0.6 is 0 Å². The Morgan fingerprint density at radius 1 is 1.31 bits per heavy atom. The maximum absolute atomic E-state index is 11.5. The average Bonchev–Trinajstić information content (AvgIpc) is 2.12. The molecule has 0 spiro atoms. The Labute approximate surface area is 81.9 Å². The highest BCUT2D eigenvalue weighted by Gasteiger charge is 2.10. The highest BCUT2D eigenvalue weighted by molar-refractivity contribution is 5.80. The number of unbranched alkanes of at least 4 members (excludes halogenated alkanes) is 2. The number of nitrogens with two attached hydrogens (primary N) is 1. The predicted octanol–water partition coefficient (Wildman–Crippen LogP) is 2.51. The third-order valence-electron chi connectivity index (χ3n) is 2.40. The fraction of sp³-hybridized carbons (Fsp3) is 0.909. The molecule has 0 amide bonds. The first-order chi connectivity index (χ1) is 6.22. The second-order valence-corrected chi connectivity index (χ2v) is 3.76. The third-order valence-corrected chi connectivity index (χ3v) is 2.40. The van der Waals surface area contributed by atoms with E-state index in [-0.39, 0.29) is 5.92 Å². The van der Waals surface area contributed by atoms with Crippen molar-refractivity contribution in [3.05, 3.63) is 0 Å². The van der Waals surface area contributed by atoms with Crippen molar-refractivity contribution in [3.63, 3.8) is 0 Å². The van der Waals surface area contributed by atoms with E-state index in [0.717, 1.165) is 45.1 Å². The van der Waals surface area contributed by atoms with Gasteiger partial charge in [-0.2, -0.15) is 0 Å². The van der Waals surface area contributed by atoms with Crippen LogP contribution < -0.4 is 5.73 Å². The van der Waals surface area contributed by atoms with Crippen molar-refractivity contribution in [2.45, 2.75) is 52.4 Å². The molecule has 0 saturated carbocycles. The van der Waals surface area contributed by atoms with E-state index in [0.29, 0.717) is 5.78 Å². The molecular weight excluding hydrogens is 162 g/mol. The molecule has 0 rings (SSSR count). The van der Waals surface area contributed by atoms with Crippen LogP contribution in [0.1, 0.15) is 52.4 Å². The minimum absolute atomic E-state index is 0.267. The fourth-order valence-corrected chi connectivity index (χ4v) is 1.46. The minimum Gasteiger partial charge on any atom is -0.330 e. The van der Waals surface area contributed by atoms with Gasteiger partial charge in [0.05, 0.1) is 0 Å². The van der Waals surface area contributed by atoms with Crippen LogP contribution in [-0.4, -0.2) is 12.3 Å². The van der Waals surface area contributed by atoms with Crippen LogP contribution in [0.4, 0.5) is 0 Å². The van der Waals surface area contributed by atoms with Gasteiger partial charge in [-0.1, -0.05) is 26.7 Å². The summed E-state index contributed by atoms with van der Waals surface area (Å²) >= 11 is 0. The van der Waals surface area contributed by atoms with Crippen molar-refractivity contribution in [2.24, 2.45) is 11.7 Å². The SMILES string of the molecule is CCCC(C)C(=O)CCCCCN. The van der Waals surface area contributed by atoms with Crippen molar-refractivity contribution < 1.29 is 4.79 Å². The zero-order valence-electron chi connectivity index (χ0n) is 9.01. The largest absolute Gasteiger partial charge is 0.330 e. The molecule has 0 saturated heterocycles. The topological polar surface area (TPSA) is 43.1 Å². The Morgan fingerprint density at radius 3 is 2.54 bits per heavy atom. The standard InChI is InChI=1S/C11H23NO/c1-3-7-10(2)11(13)8-5-4-6-9-12/h10H,3-9,12H2,1-2H3. The van der Waals surface area contributed by atoms with E-state index in [1.54, 1.807) is 0 Å². The molecule has 0 aliphatic rings. The molecule has 2 nitrogen and oxygen atoms in total.